The summed E-state index contributed by atoms with van der Waals surface area (Å²) in [5, 5.41) is 9.54. The average molecular weight is 240 g/mol. The van der Waals surface area contributed by atoms with E-state index in [1.54, 1.807) is 0 Å². The van der Waals surface area contributed by atoms with E-state index in [0.717, 1.165) is 19.0 Å². The predicted molar refractivity (Wildman–Crippen MR) is 71.1 cm³/mol. The highest BCUT2D eigenvalue weighted by Gasteiger charge is 2.31. The Kier molecular flexibility index (Phi) is 4.45. The Balaban J connectivity index is 1.92. The second kappa shape index (κ2) is 5.68. The van der Waals surface area contributed by atoms with E-state index in [1.165, 1.54) is 45.4 Å². The van der Waals surface area contributed by atoms with Crippen molar-refractivity contribution in [2.45, 2.75) is 45.6 Å². The molecule has 0 saturated carbocycles. The highest BCUT2D eigenvalue weighted by molar-refractivity contribution is 4.87. The van der Waals surface area contributed by atoms with Gasteiger partial charge in [0, 0.05) is 31.2 Å². The van der Waals surface area contributed by atoms with Gasteiger partial charge in [-0.1, -0.05) is 13.8 Å². The van der Waals surface area contributed by atoms with Gasteiger partial charge in [-0.15, -0.1) is 0 Å². The van der Waals surface area contributed by atoms with Crippen LogP contribution in [0.15, 0.2) is 0 Å². The molecule has 3 heteroatoms. The van der Waals surface area contributed by atoms with Crippen molar-refractivity contribution in [1.82, 2.24) is 9.80 Å². The van der Waals surface area contributed by atoms with Crippen LogP contribution in [-0.2, 0) is 0 Å². The maximum Gasteiger partial charge on any atom is 0.0496 e. The molecule has 17 heavy (non-hydrogen) atoms. The molecule has 2 rings (SSSR count). The van der Waals surface area contributed by atoms with Crippen LogP contribution >= 0.6 is 0 Å². The van der Waals surface area contributed by atoms with Crippen LogP contribution in [0.3, 0.4) is 0 Å². The molecule has 0 aromatic heterocycles. The van der Waals surface area contributed by atoms with Gasteiger partial charge in [-0.2, -0.15) is 0 Å². The molecular formula is C14H28N2O. The zero-order valence-electron chi connectivity index (χ0n) is 11.5. The van der Waals surface area contributed by atoms with E-state index in [4.69, 9.17) is 0 Å². The molecule has 2 fully saturated rings. The number of nitrogens with zero attached hydrogens (tertiary/aromatic N) is 2. The van der Waals surface area contributed by atoms with E-state index in [0.29, 0.717) is 6.61 Å². The summed E-state index contributed by atoms with van der Waals surface area (Å²) in [5.74, 6) is 0. The van der Waals surface area contributed by atoms with Gasteiger partial charge in [-0.25, -0.2) is 0 Å². The van der Waals surface area contributed by atoms with Gasteiger partial charge in [0.25, 0.3) is 0 Å². The Labute approximate surface area is 106 Å². The van der Waals surface area contributed by atoms with Crippen LogP contribution in [-0.4, -0.2) is 60.3 Å². The van der Waals surface area contributed by atoms with Gasteiger partial charge in [-0.05, 0) is 45.3 Å². The molecule has 2 heterocycles. The molecule has 0 radical (unpaired) electrons. The summed E-state index contributed by atoms with van der Waals surface area (Å²) in [7, 11) is 0. The van der Waals surface area contributed by atoms with Gasteiger partial charge in [0.2, 0.25) is 0 Å². The van der Waals surface area contributed by atoms with Crippen LogP contribution < -0.4 is 0 Å². The first-order chi connectivity index (χ1) is 8.17. The van der Waals surface area contributed by atoms with E-state index in [9.17, 15) is 5.11 Å². The summed E-state index contributed by atoms with van der Waals surface area (Å²) in [4.78, 5) is 5.26. The van der Waals surface area contributed by atoms with Crippen LogP contribution in [0, 0.1) is 5.41 Å². The van der Waals surface area contributed by atoms with Crippen molar-refractivity contribution in [2.75, 3.05) is 39.3 Å². The summed E-state index contributed by atoms with van der Waals surface area (Å²) in [6.07, 6.45) is 5.11. The van der Waals surface area contributed by atoms with Crippen LogP contribution in [0.5, 0.6) is 0 Å². The summed E-state index contributed by atoms with van der Waals surface area (Å²) in [6.45, 7) is 10.8. The average Bonchev–Trinajstić information content (AvgIpc) is 2.68. The van der Waals surface area contributed by atoms with Crippen molar-refractivity contribution >= 4 is 0 Å². The molecule has 100 valence electrons. The maximum absolute atomic E-state index is 9.54. The number of hydrogen-bond acceptors (Lipinski definition) is 3. The quantitative estimate of drug-likeness (QED) is 0.808. The van der Waals surface area contributed by atoms with Gasteiger partial charge in [0.1, 0.15) is 0 Å². The van der Waals surface area contributed by atoms with E-state index < -0.39 is 0 Å². The van der Waals surface area contributed by atoms with Crippen molar-refractivity contribution in [1.29, 1.82) is 0 Å². The molecule has 0 aromatic carbocycles. The van der Waals surface area contributed by atoms with E-state index in [-0.39, 0.29) is 5.41 Å². The van der Waals surface area contributed by atoms with E-state index in [2.05, 4.69) is 23.6 Å². The third kappa shape index (κ3) is 3.21. The lowest BCUT2D eigenvalue weighted by molar-refractivity contribution is 0.0809. The summed E-state index contributed by atoms with van der Waals surface area (Å²) in [6, 6.07) is 0.789. The first-order valence-electron chi connectivity index (χ1n) is 7.24. The van der Waals surface area contributed by atoms with Gasteiger partial charge < -0.3 is 10.0 Å². The monoisotopic (exact) mass is 240 g/mol. The molecule has 0 amide bonds. The molecular weight excluding hydrogens is 212 g/mol. The fraction of sp³-hybridized carbons (Fsp3) is 1.00. The molecule has 0 spiro atoms. The van der Waals surface area contributed by atoms with E-state index in [1.807, 2.05) is 0 Å². The smallest absolute Gasteiger partial charge is 0.0496 e. The minimum absolute atomic E-state index is 0.0910. The summed E-state index contributed by atoms with van der Waals surface area (Å²) < 4.78 is 0. The van der Waals surface area contributed by atoms with Crippen LogP contribution in [0.1, 0.15) is 39.5 Å². The van der Waals surface area contributed by atoms with Gasteiger partial charge in [0.05, 0.1) is 0 Å². The van der Waals surface area contributed by atoms with Crippen LogP contribution in [0.4, 0.5) is 0 Å². The fourth-order valence-electron chi connectivity index (χ4n) is 3.24. The van der Waals surface area contributed by atoms with Crippen molar-refractivity contribution < 1.29 is 5.11 Å². The first-order valence-corrected chi connectivity index (χ1v) is 7.24. The maximum atomic E-state index is 9.54. The normalized spacial score (nSPS) is 30.9. The molecule has 1 N–H and O–H groups in total. The minimum atomic E-state index is 0.0910. The summed E-state index contributed by atoms with van der Waals surface area (Å²) >= 11 is 0. The predicted octanol–water partition coefficient (Wildman–Crippen LogP) is 1.57. The largest absolute Gasteiger partial charge is 0.396 e. The second-order valence-corrected chi connectivity index (χ2v) is 6.24. The molecule has 2 aliphatic rings. The van der Waals surface area contributed by atoms with Crippen LogP contribution in [0.2, 0.25) is 0 Å². The number of aliphatic hydroxyl groups excluding tert-OH is 1. The Morgan fingerprint density at radius 3 is 2.71 bits per heavy atom. The molecule has 2 unspecified atom stereocenters. The van der Waals surface area contributed by atoms with Crippen molar-refractivity contribution in [3.8, 4) is 0 Å². The zero-order chi connectivity index (χ0) is 12.3. The van der Waals surface area contributed by atoms with Gasteiger partial charge >= 0.3 is 0 Å². The van der Waals surface area contributed by atoms with E-state index >= 15 is 0 Å². The number of aliphatic hydroxyl groups is 1. The molecule has 0 aromatic rings. The minimum Gasteiger partial charge on any atom is -0.396 e. The molecule has 0 bridgehead atoms. The molecule has 2 atom stereocenters. The molecule has 2 aliphatic heterocycles. The fourth-order valence-corrected chi connectivity index (χ4v) is 3.24. The number of hydrogen-bond donors (Lipinski definition) is 1. The zero-order valence-corrected chi connectivity index (χ0v) is 11.5. The molecule has 3 nitrogen and oxygen atoms in total. The third-order valence-electron chi connectivity index (χ3n) is 4.73. The standard InChI is InChI=1S/C14H28N2O/c1-3-14(2,12-17)11-15-7-5-9-16-8-4-6-13(16)10-15/h13,17H,3-12H2,1-2H3. The topological polar surface area (TPSA) is 26.7 Å². The Hall–Kier alpha value is -0.120. The lowest BCUT2D eigenvalue weighted by atomic mass is 9.88. The van der Waals surface area contributed by atoms with Crippen molar-refractivity contribution in [3.63, 3.8) is 0 Å². The van der Waals surface area contributed by atoms with Crippen LogP contribution in [0.25, 0.3) is 0 Å². The van der Waals surface area contributed by atoms with Crippen molar-refractivity contribution in [2.24, 2.45) is 5.41 Å². The third-order valence-corrected chi connectivity index (χ3v) is 4.73. The Bertz CT molecular complexity index is 240. The lowest BCUT2D eigenvalue weighted by Gasteiger charge is -2.34. The second-order valence-electron chi connectivity index (χ2n) is 6.24. The Morgan fingerprint density at radius 2 is 2.00 bits per heavy atom. The highest BCUT2D eigenvalue weighted by Crippen LogP contribution is 2.26. The first kappa shape index (κ1) is 13.3. The molecule has 0 aliphatic carbocycles. The molecule has 2 saturated heterocycles. The van der Waals surface area contributed by atoms with Gasteiger partial charge in [0.15, 0.2) is 0 Å². The SMILES string of the molecule is CCC(C)(CO)CN1CCCN2CCCC2C1. The number of rotatable bonds is 4. The lowest BCUT2D eigenvalue weighted by Crippen LogP contribution is -2.42. The van der Waals surface area contributed by atoms with Gasteiger partial charge in [-0.3, -0.25) is 4.90 Å². The summed E-state index contributed by atoms with van der Waals surface area (Å²) in [5.41, 5.74) is 0.0910. The van der Waals surface area contributed by atoms with Crippen molar-refractivity contribution in [3.05, 3.63) is 0 Å². The number of fused-ring (bicyclic) bond motifs is 1. The highest BCUT2D eigenvalue weighted by atomic mass is 16.3. The Morgan fingerprint density at radius 1 is 1.24 bits per heavy atom.